The van der Waals surface area contributed by atoms with Gasteiger partial charge in [-0.15, -0.1) is 0 Å². The Hall–Kier alpha value is 1.94. The molecule has 0 N–H and O–H groups in total. The van der Waals surface area contributed by atoms with Crippen molar-refractivity contribution in [2.75, 3.05) is 0 Å². The molecule has 24 valence electrons. The summed E-state index contributed by atoms with van der Waals surface area (Å²) in [6.45, 7) is 0. The fourth-order valence-corrected chi connectivity index (χ4v) is 0. The maximum absolute atomic E-state index is 8.58. The van der Waals surface area contributed by atoms with Crippen LogP contribution in [0.3, 0.4) is 0 Å². The molecule has 0 aliphatic heterocycles. The van der Waals surface area contributed by atoms with Gasteiger partial charge in [0.15, 0.2) is 0 Å². The molecule has 0 aromatic rings. The van der Waals surface area contributed by atoms with Crippen molar-refractivity contribution in [3.05, 3.63) is 0 Å². The van der Waals surface area contributed by atoms with Crippen LogP contribution in [-0.2, 0) is 3.78 Å². The quantitative estimate of drug-likeness (QED) is 0.336. The molecule has 0 aliphatic carbocycles. The van der Waals surface area contributed by atoms with E-state index in [2.05, 4.69) is 0 Å². The van der Waals surface area contributed by atoms with Crippen LogP contribution in [0.25, 0.3) is 0 Å². The molecule has 0 rings (SSSR count). The first-order valence-corrected chi connectivity index (χ1v) is 3.18. The van der Waals surface area contributed by atoms with E-state index in [1.807, 2.05) is 0 Å². The van der Waals surface area contributed by atoms with Gasteiger partial charge in [-0.05, 0) is 0 Å². The molecular formula is GeNa2O3. The normalized spacial score (nSPS) is 4.00. The predicted octanol–water partition coefficient (Wildman–Crippen LogP) is -8.87. The number of hydrogen-bond donors (Lipinski definition) is 0. The van der Waals surface area contributed by atoms with Gasteiger partial charge in [-0.25, -0.2) is 0 Å². The van der Waals surface area contributed by atoms with Gasteiger partial charge in [-0.3, -0.25) is 0 Å². The van der Waals surface area contributed by atoms with Gasteiger partial charge >= 0.3 is 86.1 Å². The first-order valence-electron chi connectivity index (χ1n) is 0.612. The van der Waals surface area contributed by atoms with Gasteiger partial charge in [0.25, 0.3) is 0 Å². The Balaban J connectivity index is -0.0000000450. The zero-order valence-corrected chi connectivity index (χ0v) is 9.82. The van der Waals surface area contributed by atoms with Crippen molar-refractivity contribution < 1.29 is 71.2 Å². The van der Waals surface area contributed by atoms with Gasteiger partial charge in [0.1, 0.15) is 0 Å². The van der Waals surface area contributed by atoms with Crippen molar-refractivity contribution >= 4 is 15.0 Å². The van der Waals surface area contributed by atoms with Crippen molar-refractivity contribution in [1.29, 1.82) is 0 Å². The Kier molecular flexibility index (Phi) is 26.2. The van der Waals surface area contributed by atoms with Crippen molar-refractivity contribution in [2.45, 2.75) is 0 Å². The molecule has 0 atom stereocenters. The van der Waals surface area contributed by atoms with Crippen LogP contribution in [0.5, 0.6) is 0 Å². The van der Waals surface area contributed by atoms with Crippen LogP contribution in [0.2, 0.25) is 0 Å². The molecular weight excluding hydrogens is 167 g/mol. The molecule has 0 bridgehead atoms. The minimum absolute atomic E-state index is 0. The fourth-order valence-electron chi connectivity index (χ4n) is 0. The van der Waals surface area contributed by atoms with E-state index in [1.165, 1.54) is 0 Å². The average molecular weight is 167 g/mol. The molecule has 0 spiro atoms. The van der Waals surface area contributed by atoms with Crippen molar-refractivity contribution in [3.63, 3.8) is 0 Å². The van der Waals surface area contributed by atoms with E-state index in [-0.39, 0.29) is 59.1 Å². The Morgan fingerprint density at radius 3 is 1.17 bits per heavy atom. The SMILES string of the molecule is [Na+].[Na+].[O]=[Ge]([O-])[O-]. The summed E-state index contributed by atoms with van der Waals surface area (Å²) in [5.41, 5.74) is 0. The van der Waals surface area contributed by atoms with Crippen LogP contribution >= 0.6 is 0 Å². The van der Waals surface area contributed by atoms with Gasteiger partial charge in [0.05, 0.1) is 0 Å². The summed E-state index contributed by atoms with van der Waals surface area (Å²) < 4.78 is 25.8. The third kappa shape index (κ3) is 38.5. The molecule has 0 heterocycles. The molecule has 0 unspecified atom stereocenters. The van der Waals surface area contributed by atoms with Crippen LogP contribution in [0.15, 0.2) is 0 Å². The van der Waals surface area contributed by atoms with Crippen LogP contribution in [0.1, 0.15) is 0 Å². The molecule has 6 heavy (non-hydrogen) atoms. The monoisotopic (exact) mass is 168 g/mol. The van der Waals surface area contributed by atoms with Gasteiger partial charge in [-0.1, -0.05) is 0 Å². The Morgan fingerprint density at radius 2 is 1.17 bits per heavy atom. The van der Waals surface area contributed by atoms with E-state index in [1.54, 1.807) is 0 Å². The van der Waals surface area contributed by atoms with Gasteiger partial charge in [0.2, 0.25) is 0 Å². The first kappa shape index (κ1) is 15.7. The fraction of sp³-hybridized carbons (Fsp3) is 0. The van der Waals surface area contributed by atoms with Crippen molar-refractivity contribution in [1.82, 2.24) is 0 Å². The topological polar surface area (TPSA) is 63.2 Å². The number of rotatable bonds is 0. The summed E-state index contributed by atoms with van der Waals surface area (Å²) in [6, 6.07) is 0. The summed E-state index contributed by atoms with van der Waals surface area (Å²) in [5.74, 6) is 0. The third-order valence-electron chi connectivity index (χ3n) is 0. The zero-order valence-electron chi connectivity index (χ0n) is 3.72. The Morgan fingerprint density at radius 1 is 1.17 bits per heavy atom. The van der Waals surface area contributed by atoms with E-state index in [0.717, 1.165) is 0 Å². The summed E-state index contributed by atoms with van der Waals surface area (Å²) in [7, 11) is 0. The first-order chi connectivity index (χ1) is 1.73. The summed E-state index contributed by atoms with van der Waals surface area (Å²) >= 11 is -4.08. The molecule has 0 amide bonds. The van der Waals surface area contributed by atoms with Crippen molar-refractivity contribution in [2.24, 2.45) is 0 Å². The standard InChI is InChI=1S/GeO3.2Na/c2-1(3)4;;/q-2;2*+1. The van der Waals surface area contributed by atoms with Crippen molar-refractivity contribution in [3.8, 4) is 0 Å². The molecule has 0 fully saturated rings. The molecule has 0 saturated heterocycles. The predicted molar refractivity (Wildman–Crippen MR) is 6.44 cm³/mol. The molecule has 0 radical (unpaired) electrons. The van der Waals surface area contributed by atoms with E-state index in [0.29, 0.717) is 0 Å². The second-order valence-corrected chi connectivity index (χ2v) is 1.30. The van der Waals surface area contributed by atoms with Gasteiger partial charge in [-0.2, -0.15) is 0 Å². The second kappa shape index (κ2) is 10.0. The molecule has 0 aromatic heterocycles. The second-order valence-electron chi connectivity index (χ2n) is 0.250. The van der Waals surface area contributed by atoms with E-state index in [9.17, 15) is 0 Å². The average Bonchev–Trinajstić information content (AvgIpc) is 0.811. The van der Waals surface area contributed by atoms with Crippen LogP contribution < -0.4 is 67.4 Å². The Labute approximate surface area is 84.7 Å². The summed E-state index contributed by atoms with van der Waals surface area (Å²) in [5, 5.41) is 0. The summed E-state index contributed by atoms with van der Waals surface area (Å²) in [4.78, 5) is 0. The van der Waals surface area contributed by atoms with Crippen LogP contribution in [0, 0.1) is 0 Å². The summed E-state index contributed by atoms with van der Waals surface area (Å²) in [6.07, 6.45) is 0. The van der Waals surface area contributed by atoms with Crippen LogP contribution in [0.4, 0.5) is 0 Å². The van der Waals surface area contributed by atoms with Crippen LogP contribution in [-0.4, -0.2) is 15.0 Å². The van der Waals surface area contributed by atoms with E-state index < -0.39 is 15.0 Å². The van der Waals surface area contributed by atoms with Gasteiger partial charge in [0, 0.05) is 0 Å². The minimum atomic E-state index is -4.08. The number of hydrogen-bond acceptors (Lipinski definition) is 3. The maximum atomic E-state index is 8.58. The molecule has 3 nitrogen and oxygen atoms in total. The van der Waals surface area contributed by atoms with E-state index in [4.69, 9.17) is 12.0 Å². The zero-order chi connectivity index (χ0) is 3.58. The molecule has 0 aliphatic rings. The Bertz CT molecular complexity index is 31.8. The molecule has 0 aromatic carbocycles. The van der Waals surface area contributed by atoms with Gasteiger partial charge < -0.3 is 0 Å². The van der Waals surface area contributed by atoms with E-state index >= 15 is 0 Å². The molecule has 0 saturated carbocycles. The molecule has 6 heteroatoms. The third-order valence-corrected chi connectivity index (χ3v) is 0.